The molecule has 0 radical (unpaired) electrons. The number of carbonyl (C=O) groups excluding carboxylic acids is 1. The summed E-state index contributed by atoms with van der Waals surface area (Å²) in [7, 11) is 1.77. The number of carboxylic acids is 1. The van der Waals surface area contributed by atoms with E-state index >= 15 is 0 Å². The van der Waals surface area contributed by atoms with Gasteiger partial charge in [0.2, 0.25) is 0 Å². The number of aromatic carboxylic acids is 1. The van der Waals surface area contributed by atoms with E-state index < -0.39 is 5.97 Å². The van der Waals surface area contributed by atoms with E-state index in [2.05, 4.69) is 15.4 Å². The van der Waals surface area contributed by atoms with E-state index in [0.29, 0.717) is 23.7 Å². The molecule has 0 aliphatic rings. The minimum absolute atomic E-state index is 0.150. The van der Waals surface area contributed by atoms with Crippen LogP contribution >= 0.6 is 11.3 Å². The van der Waals surface area contributed by atoms with E-state index in [1.165, 1.54) is 12.1 Å². The Morgan fingerprint density at radius 2 is 2.16 bits per heavy atom. The molecule has 2 heterocycles. The van der Waals surface area contributed by atoms with Crippen LogP contribution in [0.2, 0.25) is 0 Å². The zero-order valence-corrected chi connectivity index (χ0v) is 11.0. The zero-order chi connectivity index (χ0) is 13.8. The highest BCUT2D eigenvalue weighted by molar-refractivity contribution is 7.15. The van der Waals surface area contributed by atoms with Crippen LogP contribution in [0.4, 0.5) is 0 Å². The van der Waals surface area contributed by atoms with Gasteiger partial charge in [-0.3, -0.25) is 9.48 Å². The Kier molecular flexibility index (Phi) is 3.91. The predicted molar refractivity (Wildman–Crippen MR) is 68.3 cm³/mol. The lowest BCUT2D eigenvalue weighted by molar-refractivity contribution is 0.0702. The second-order valence-corrected chi connectivity index (χ2v) is 4.89. The summed E-state index contributed by atoms with van der Waals surface area (Å²) in [4.78, 5) is 27.0. The van der Waals surface area contributed by atoms with Gasteiger partial charge in [0.25, 0.3) is 5.91 Å². The second-order valence-electron chi connectivity index (χ2n) is 3.81. The summed E-state index contributed by atoms with van der Waals surface area (Å²) < 4.78 is 1.59. The number of hydrogen-bond acceptors (Lipinski definition) is 5. The molecule has 1 amide bonds. The Hall–Kier alpha value is -2.22. The number of carbonyl (C=O) groups is 2. The molecule has 0 spiro atoms. The van der Waals surface area contributed by atoms with Gasteiger partial charge in [0.1, 0.15) is 11.2 Å². The highest BCUT2D eigenvalue weighted by Crippen LogP contribution is 2.16. The first kappa shape index (κ1) is 13.2. The first-order valence-corrected chi connectivity index (χ1v) is 6.34. The van der Waals surface area contributed by atoms with Crippen LogP contribution < -0.4 is 5.32 Å². The van der Waals surface area contributed by atoms with Crippen LogP contribution in [-0.4, -0.2) is 38.3 Å². The molecule has 2 rings (SSSR count). The monoisotopic (exact) mass is 280 g/mol. The number of hydrogen-bond donors (Lipinski definition) is 2. The highest BCUT2D eigenvalue weighted by Gasteiger charge is 2.12. The highest BCUT2D eigenvalue weighted by atomic mass is 32.1. The number of aromatic nitrogens is 3. The van der Waals surface area contributed by atoms with Gasteiger partial charge in [-0.1, -0.05) is 0 Å². The van der Waals surface area contributed by atoms with Crippen LogP contribution in [0, 0.1) is 0 Å². The van der Waals surface area contributed by atoms with Crippen molar-refractivity contribution in [2.75, 3.05) is 6.54 Å². The Balaban J connectivity index is 1.85. The molecule has 0 atom stereocenters. The molecule has 2 aromatic rings. The average Bonchev–Trinajstić information content (AvgIpc) is 2.98. The van der Waals surface area contributed by atoms with Crippen molar-refractivity contribution in [3.05, 3.63) is 34.0 Å². The molecule has 100 valence electrons. The minimum atomic E-state index is -1.03. The van der Waals surface area contributed by atoms with Crippen LogP contribution in [0.3, 0.4) is 0 Å². The molecule has 2 aromatic heterocycles. The van der Waals surface area contributed by atoms with Crippen LogP contribution in [0.5, 0.6) is 0 Å². The number of thiophene rings is 1. The molecule has 0 saturated heterocycles. The fourth-order valence-corrected chi connectivity index (χ4v) is 2.21. The molecule has 0 aliphatic carbocycles. The summed E-state index contributed by atoms with van der Waals surface area (Å²) in [5.41, 5.74) is 0. The van der Waals surface area contributed by atoms with Gasteiger partial charge in [-0.25, -0.2) is 9.78 Å². The van der Waals surface area contributed by atoms with Gasteiger partial charge in [0, 0.05) is 20.0 Å². The van der Waals surface area contributed by atoms with E-state index in [0.717, 1.165) is 11.3 Å². The number of amides is 1. The molecule has 0 aromatic carbocycles. The Morgan fingerprint density at radius 3 is 2.74 bits per heavy atom. The van der Waals surface area contributed by atoms with E-state index in [1.54, 1.807) is 18.1 Å². The summed E-state index contributed by atoms with van der Waals surface area (Å²) in [6.45, 7) is 0.406. The molecule has 2 N–H and O–H groups in total. The Bertz CT molecular complexity index is 605. The summed E-state index contributed by atoms with van der Waals surface area (Å²) in [5, 5.41) is 15.6. The van der Waals surface area contributed by atoms with Crippen molar-refractivity contribution in [3.63, 3.8) is 0 Å². The van der Waals surface area contributed by atoms with Crippen LogP contribution in [0.15, 0.2) is 18.5 Å². The first-order valence-electron chi connectivity index (χ1n) is 5.52. The minimum Gasteiger partial charge on any atom is -0.477 e. The second kappa shape index (κ2) is 5.61. The summed E-state index contributed by atoms with van der Waals surface area (Å²) >= 11 is 0.953. The molecular formula is C11H12N4O3S. The number of nitrogens with zero attached hydrogens (tertiary/aromatic N) is 3. The molecule has 8 heteroatoms. The van der Waals surface area contributed by atoms with Crippen molar-refractivity contribution in [1.29, 1.82) is 0 Å². The van der Waals surface area contributed by atoms with Crippen LogP contribution in [-0.2, 0) is 13.5 Å². The summed E-state index contributed by atoms with van der Waals surface area (Å²) in [5.74, 6) is -0.657. The normalized spacial score (nSPS) is 10.4. The molecule has 0 unspecified atom stereocenters. The lowest BCUT2D eigenvalue weighted by Crippen LogP contribution is -2.25. The maximum absolute atomic E-state index is 11.7. The zero-order valence-electron chi connectivity index (χ0n) is 10.2. The van der Waals surface area contributed by atoms with Crippen molar-refractivity contribution < 1.29 is 14.7 Å². The van der Waals surface area contributed by atoms with Gasteiger partial charge in [0.15, 0.2) is 5.82 Å². The van der Waals surface area contributed by atoms with Crippen LogP contribution in [0.1, 0.15) is 25.2 Å². The standard InChI is InChI=1S/C11H12N4O3S/c1-15-6-13-9(14-15)4-5-12-10(16)7-2-3-8(19-7)11(17)18/h2-3,6H,4-5H2,1H3,(H,12,16)(H,17,18). The molecule has 0 aliphatic heterocycles. The molecule has 0 saturated carbocycles. The lowest BCUT2D eigenvalue weighted by atomic mass is 10.3. The Morgan fingerprint density at radius 1 is 1.42 bits per heavy atom. The third-order valence-corrected chi connectivity index (χ3v) is 3.39. The van der Waals surface area contributed by atoms with E-state index in [1.807, 2.05) is 0 Å². The maximum Gasteiger partial charge on any atom is 0.345 e. The van der Waals surface area contributed by atoms with Gasteiger partial charge in [0.05, 0.1) is 4.88 Å². The van der Waals surface area contributed by atoms with Gasteiger partial charge in [-0.2, -0.15) is 5.10 Å². The smallest absolute Gasteiger partial charge is 0.345 e. The number of rotatable bonds is 5. The summed E-state index contributed by atoms with van der Waals surface area (Å²) in [6.07, 6.45) is 2.12. The first-order chi connectivity index (χ1) is 9.06. The average molecular weight is 280 g/mol. The third kappa shape index (κ3) is 3.38. The summed E-state index contributed by atoms with van der Waals surface area (Å²) in [6, 6.07) is 2.92. The molecule has 7 nitrogen and oxygen atoms in total. The fourth-order valence-electron chi connectivity index (χ4n) is 1.45. The quantitative estimate of drug-likeness (QED) is 0.833. The van der Waals surface area contributed by atoms with Crippen molar-refractivity contribution in [2.24, 2.45) is 7.05 Å². The topological polar surface area (TPSA) is 97.1 Å². The van der Waals surface area contributed by atoms with Crippen molar-refractivity contribution in [3.8, 4) is 0 Å². The maximum atomic E-state index is 11.7. The van der Waals surface area contributed by atoms with Crippen molar-refractivity contribution >= 4 is 23.2 Å². The van der Waals surface area contributed by atoms with Crippen LogP contribution in [0.25, 0.3) is 0 Å². The number of carboxylic acid groups (broad SMARTS) is 1. The molecule has 19 heavy (non-hydrogen) atoms. The number of aryl methyl sites for hydroxylation is 1. The lowest BCUT2D eigenvalue weighted by Gasteiger charge is -2.00. The van der Waals surface area contributed by atoms with E-state index in [-0.39, 0.29) is 10.8 Å². The number of nitrogens with one attached hydrogen (secondary N) is 1. The Labute approximate surface area is 112 Å². The van der Waals surface area contributed by atoms with Crippen molar-refractivity contribution in [2.45, 2.75) is 6.42 Å². The molecular weight excluding hydrogens is 268 g/mol. The van der Waals surface area contributed by atoms with Gasteiger partial charge >= 0.3 is 5.97 Å². The predicted octanol–water partition coefficient (Wildman–Crippen LogP) is 0.547. The molecule has 0 bridgehead atoms. The third-order valence-electron chi connectivity index (χ3n) is 2.32. The van der Waals surface area contributed by atoms with Gasteiger partial charge < -0.3 is 10.4 Å². The van der Waals surface area contributed by atoms with Gasteiger partial charge in [-0.15, -0.1) is 11.3 Å². The van der Waals surface area contributed by atoms with Gasteiger partial charge in [-0.05, 0) is 12.1 Å². The largest absolute Gasteiger partial charge is 0.477 e. The SMILES string of the molecule is Cn1cnc(CCNC(=O)c2ccc(C(=O)O)s2)n1. The van der Waals surface area contributed by atoms with E-state index in [4.69, 9.17) is 5.11 Å². The van der Waals surface area contributed by atoms with Crippen molar-refractivity contribution in [1.82, 2.24) is 20.1 Å². The van der Waals surface area contributed by atoms with E-state index in [9.17, 15) is 9.59 Å². The molecule has 0 fully saturated rings. The fraction of sp³-hybridized carbons (Fsp3) is 0.273.